The monoisotopic (exact) mass is 442 g/mol. The molecule has 9 heteroatoms. The second-order valence-corrected chi connectivity index (χ2v) is 6.53. The molecule has 0 radical (unpaired) electrons. The van der Waals surface area contributed by atoms with Gasteiger partial charge >= 0.3 is 0 Å². The van der Waals surface area contributed by atoms with Crippen LogP contribution < -0.4 is 20.7 Å². The molecule has 0 aliphatic carbocycles. The van der Waals surface area contributed by atoms with Crippen LogP contribution in [0.4, 0.5) is 17.5 Å². The molecule has 144 valence electrons. The van der Waals surface area contributed by atoms with Crippen LogP contribution in [0.2, 0.25) is 0 Å². The van der Waals surface area contributed by atoms with E-state index in [-0.39, 0.29) is 5.91 Å². The van der Waals surface area contributed by atoms with Crippen LogP contribution in [0.1, 0.15) is 10.4 Å². The third kappa shape index (κ3) is 5.40. The fourth-order valence-electron chi connectivity index (χ4n) is 2.33. The largest absolute Gasteiger partial charge is 0.497 e. The number of nitrogens with one attached hydrogen (secondary N) is 3. The quantitative estimate of drug-likeness (QED) is 0.460. The number of hydrogen-bond acceptors (Lipinski definition) is 7. The first-order valence-corrected chi connectivity index (χ1v) is 9.32. The minimum absolute atomic E-state index is 0.187. The predicted octanol–water partition coefficient (Wildman–Crippen LogP) is 3.23. The molecule has 0 atom stereocenters. The molecule has 0 saturated carbocycles. The van der Waals surface area contributed by atoms with E-state index in [4.69, 9.17) is 4.74 Å². The molecule has 2 heterocycles. The van der Waals surface area contributed by atoms with Crippen LogP contribution >= 0.6 is 15.9 Å². The zero-order valence-corrected chi connectivity index (χ0v) is 16.7. The minimum Gasteiger partial charge on any atom is -0.497 e. The van der Waals surface area contributed by atoms with Crippen LogP contribution in [0.3, 0.4) is 0 Å². The van der Waals surface area contributed by atoms with Crippen molar-refractivity contribution in [3.8, 4) is 5.75 Å². The van der Waals surface area contributed by atoms with Crippen LogP contribution in [0.15, 0.2) is 59.2 Å². The third-order valence-electron chi connectivity index (χ3n) is 3.72. The second-order valence-electron chi connectivity index (χ2n) is 5.67. The summed E-state index contributed by atoms with van der Waals surface area (Å²) < 4.78 is 5.86. The fraction of sp³-hybridized carbons (Fsp3) is 0.158. The Kier molecular flexibility index (Phi) is 6.74. The first-order valence-electron chi connectivity index (χ1n) is 8.53. The molecule has 0 spiro atoms. The lowest BCUT2D eigenvalue weighted by molar-refractivity contribution is 0.0954. The number of pyridine rings is 1. The van der Waals surface area contributed by atoms with Gasteiger partial charge < -0.3 is 20.7 Å². The van der Waals surface area contributed by atoms with E-state index >= 15 is 0 Å². The highest BCUT2D eigenvalue weighted by Crippen LogP contribution is 2.22. The fourth-order valence-corrected chi connectivity index (χ4v) is 2.76. The van der Waals surface area contributed by atoms with Gasteiger partial charge in [-0.3, -0.25) is 4.79 Å². The van der Waals surface area contributed by atoms with Crippen molar-refractivity contribution in [2.24, 2.45) is 0 Å². The van der Waals surface area contributed by atoms with Crippen molar-refractivity contribution < 1.29 is 9.53 Å². The van der Waals surface area contributed by atoms with Crippen molar-refractivity contribution >= 4 is 39.3 Å². The van der Waals surface area contributed by atoms with Gasteiger partial charge in [-0.25, -0.2) is 4.98 Å². The molecular weight excluding hydrogens is 424 g/mol. The van der Waals surface area contributed by atoms with Gasteiger partial charge in [-0.1, -0.05) is 6.07 Å². The van der Waals surface area contributed by atoms with E-state index < -0.39 is 0 Å². The standard InChI is InChI=1S/C19H19BrN6O2/c1-28-13-5-6-15(20)14(12-13)19(27)23-11-10-22-17-7-8-18(26-25-17)24-16-4-2-3-9-21-16/h2-9,12H,10-11H2,1H3,(H,22,25)(H,23,27)(H,21,24,26). The Balaban J connectivity index is 1.45. The first-order chi connectivity index (χ1) is 13.7. The maximum atomic E-state index is 12.3. The number of aromatic nitrogens is 3. The number of nitrogens with zero attached hydrogens (tertiary/aromatic N) is 3. The molecule has 0 fully saturated rings. The third-order valence-corrected chi connectivity index (χ3v) is 4.41. The summed E-state index contributed by atoms with van der Waals surface area (Å²) in [5.41, 5.74) is 0.518. The van der Waals surface area contributed by atoms with Gasteiger partial charge in [-0.2, -0.15) is 0 Å². The number of rotatable bonds is 8. The number of methoxy groups -OCH3 is 1. The van der Waals surface area contributed by atoms with E-state index in [0.29, 0.717) is 46.3 Å². The Labute approximate surface area is 170 Å². The first kappa shape index (κ1) is 19.6. The zero-order valence-electron chi connectivity index (χ0n) is 15.1. The molecule has 3 aromatic rings. The average Bonchev–Trinajstić information content (AvgIpc) is 2.73. The molecule has 2 aromatic heterocycles. The van der Waals surface area contributed by atoms with Gasteiger partial charge in [0.15, 0.2) is 5.82 Å². The van der Waals surface area contributed by atoms with Gasteiger partial charge in [-0.15, -0.1) is 10.2 Å². The summed E-state index contributed by atoms with van der Waals surface area (Å²) in [6.45, 7) is 0.938. The van der Waals surface area contributed by atoms with E-state index in [2.05, 4.69) is 47.1 Å². The number of anilines is 3. The molecule has 0 aliphatic heterocycles. The summed E-state index contributed by atoms with van der Waals surface area (Å²) in [4.78, 5) is 16.5. The van der Waals surface area contributed by atoms with Crippen molar-refractivity contribution in [2.45, 2.75) is 0 Å². The molecule has 0 bridgehead atoms. The molecule has 1 amide bonds. The number of carbonyl (C=O) groups excluding carboxylic acids is 1. The van der Waals surface area contributed by atoms with Gasteiger partial charge in [0.1, 0.15) is 17.4 Å². The molecule has 0 aliphatic rings. The number of benzene rings is 1. The van der Waals surface area contributed by atoms with E-state index in [1.165, 1.54) is 0 Å². The molecule has 3 N–H and O–H groups in total. The molecule has 0 saturated heterocycles. The van der Waals surface area contributed by atoms with Crippen LogP contribution in [0, 0.1) is 0 Å². The Hall–Kier alpha value is -3.20. The highest BCUT2D eigenvalue weighted by Gasteiger charge is 2.10. The predicted molar refractivity (Wildman–Crippen MR) is 111 cm³/mol. The normalized spacial score (nSPS) is 10.2. The highest BCUT2D eigenvalue weighted by molar-refractivity contribution is 9.10. The van der Waals surface area contributed by atoms with Crippen LogP contribution in [0.5, 0.6) is 5.75 Å². The van der Waals surface area contributed by atoms with Gasteiger partial charge in [0.2, 0.25) is 0 Å². The molecule has 3 rings (SSSR count). The number of halogens is 1. The van der Waals surface area contributed by atoms with Crippen molar-refractivity contribution in [3.63, 3.8) is 0 Å². The van der Waals surface area contributed by atoms with Gasteiger partial charge in [0.25, 0.3) is 5.91 Å². The van der Waals surface area contributed by atoms with Crippen LogP contribution in [-0.2, 0) is 0 Å². The smallest absolute Gasteiger partial charge is 0.252 e. The number of ether oxygens (including phenoxy) is 1. The number of amides is 1. The van der Waals surface area contributed by atoms with Crippen molar-refractivity contribution in [1.82, 2.24) is 20.5 Å². The van der Waals surface area contributed by atoms with Gasteiger partial charge in [0.05, 0.1) is 12.7 Å². The lowest BCUT2D eigenvalue weighted by atomic mass is 10.2. The average molecular weight is 443 g/mol. The lowest BCUT2D eigenvalue weighted by Gasteiger charge is -2.10. The SMILES string of the molecule is COc1ccc(Br)c(C(=O)NCCNc2ccc(Nc3ccccn3)nn2)c1. The minimum atomic E-state index is -0.187. The van der Waals surface area contributed by atoms with Crippen molar-refractivity contribution in [3.05, 3.63) is 64.8 Å². The summed E-state index contributed by atoms with van der Waals surface area (Å²) in [5.74, 6) is 2.35. The molecular formula is C19H19BrN6O2. The summed E-state index contributed by atoms with van der Waals surface area (Å²) in [7, 11) is 1.56. The number of hydrogen-bond donors (Lipinski definition) is 3. The van der Waals surface area contributed by atoms with Crippen LogP contribution in [-0.4, -0.2) is 41.3 Å². The summed E-state index contributed by atoms with van der Waals surface area (Å²) in [6, 6.07) is 14.4. The Bertz CT molecular complexity index is 921. The molecule has 8 nitrogen and oxygen atoms in total. The Morgan fingerprint density at radius 1 is 1.04 bits per heavy atom. The highest BCUT2D eigenvalue weighted by atomic mass is 79.9. The maximum absolute atomic E-state index is 12.3. The van der Waals surface area contributed by atoms with E-state index in [0.717, 1.165) is 0 Å². The summed E-state index contributed by atoms with van der Waals surface area (Å²) >= 11 is 3.38. The van der Waals surface area contributed by atoms with Crippen molar-refractivity contribution in [1.29, 1.82) is 0 Å². The topological polar surface area (TPSA) is 101 Å². The lowest BCUT2D eigenvalue weighted by Crippen LogP contribution is -2.29. The second kappa shape index (κ2) is 9.65. The maximum Gasteiger partial charge on any atom is 0.252 e. The number of carbonyl (C=O) groups is 1. The molecule has 0 unspecified atom stereocenters. The molecule has 28 heavy (non-hydrogen) atoms. The van der Waals surface area contributed by atoms with Gasteiger partial charge in [-0.05, 0) is 58.4 Å². The zero-order chi connectivity index (χ0) is 19.8. The van der Waals surface area contributed by atoms with E-state index in [9.17, 15) is 4.79 Å². The Morgan fingerprint density at radius 2 is 1.86 bits per heavy atom. The van der Waals surface area contributed by atoms with Gasteiger partial charge in [0, 0.05) is 23.8 Å². The van der Waals surface area contributed by atoms with E-state index in [1.807, 2.05) is 18.2 Å². The van der Waals surface area contributed by atoms with Crippen molar-refractivity contribution in [2.75, 3.05) is 30.8 Å². The summed E-state index contributed by atoms with van der Waals surface area (Å²) in [6.07, 6.45) is 1.70. The van der Waals surface area contributed by atoms with E-state index in [1.54, 1.807) is 43.6 Å². The summed E-state index contributed by atoms with van der Waals surface area (Å²) in [5, 5.41) is 17.2. The van der Waals surface area contributed by atoms with Crippen LogP contribution in [0.25, 0.3) is 0 Å². The molecule has 1 aromatic carbocycles. The Morgan fingerprint density at radius 3 is 2.57 bits per heavy atom.